The van der Waals surface area contributed by atoms with Crippen molar-refractivity contribution in [1.82, 2.24) is 0 Å². The lowest BCUT2D eigenvalue weighted by molar-refractivity contribution is 0.409. The van der Waals surface area contributed by atoms with E-state index >= 15 is 0 Å². The highest BCUT2D eigenvalue weighted by molar-refractivity contribution is 5.85. The standard InChI is InChI=1S/C15H16O/c1-4-11(2)14-9-12-7-5-6-8-13(12)10-15(14)16-3/h4-11H,1H2,2-3H3. The van der Waals surface area contributed by atoms with Crippen LogP contribution in [0.4, 0.5) is 0 Å². The zero-order valence-corrected chi connectivity index (χ0v) is 9.73. The van der Waals surface area contributed by atoms with Crippen molar-refractivity contribution in [2.75, 3.05) is 7.11 Å². The molecule has 0 radical (unpaired) electrons. The van der Waals surface area contributed by atoms with Crippen LogP contribution in [0.5, 0.6) is 5.75 Å². The summed E-state index contributed by atoms with van der Waals surface area (Å²) < 4.78 is 5.43. The Balaban J connectivity index is 2.67. The van der Waals surface area contributed by atoms with E-state index in [-0.39, 0.29) is 0 Å². The van der Waals surface area contributed by atoms with E-state index in [9.17, 15) is 0 Å². The summed E-state index contributed by atoms with van der Waals surface area (Å²) in [5.74, 6) is 1.24. The predicted octanol–water partition coefficient (Wildman–Crippen LogP) is 4.14. The van der Waals surface area contributed by atoms with Gasteiger partial charge in [0, 0.05) is 11.5 Å². The van der Waals surface area contributed by atoms with E-state index in [1.54, 1.807) is 7.11 Å². The van der Waals surface area contributed by atoms with Crippen molar-refractivity contribution in [1.29, 1.82) is 0 Å². The second-order valence-electron chi connectivity index (χ2n) is 3.97. The molecule has 1 atom stereocenters. The van der Waals surface area contributed by atoms with Crippen molar-refractivity contribution in [3.05, 3.63) is 54.6 Å². The van der Waals surface area contributed by atoms with Gasteiger partial charge in [-0.05, 0) is 22.9 Å². The van der Waals surface area contributed by atoms with Gasteiger partial charge in [0.1, 0.15) is 5.75 Å². The number of fused-ring (bicyclic) bond motifs is 1. The fourth-order valence-corrected chi connectivity index (χ4v) is 1.90. The second kappa shape index (κ2) is 4.40. The summed E-state index contributed by atoms with van der Waals surface area (Å²) in [6.07, 6.45) is 1.94. The molecule has 2 rings (SSSR count). The molecular formula is C15H16O. The molecule has 0 amide bonds. The van der Waals surface area contributed by atoms with Crippen molar-refractivity contribution < 1.29 is 4.74 Å². The van der Waals surface area contributed by atoms with Gasteiger partial charge in [0.2, 0.25) is 0 Å². The molecule has 16 heavy (non-hydrogen) atoms. The van der Waals surface area contributed by atoms with Crippen LogP contribution in [0.2, 0.25) is 0 Å². The summed E-state index contributed by atoms with van der Waals surface area (Å²) in [6, 6.07) is 12.6. The molecule has 82 valence electrons. The van der Waals surface area contributed by atoms with Gasteiger partial charge in [-0.2, -0.15) is 0 Å². The first kappa shape index (κ1) is 10.7. The topological polar surface area (TPSA) is 9.23 Å². The highest BCUT2D eigenvalue weighted by Crippen LogP contribution is 2.31. The van der Waals surface area contributed by atoms with Gasteiger partial charge in [-0.15, -0.1) is 6.58 Å². The van der Waals surface area contributed by atoms with Crippen molar-refractivity contribution in [2.45, 2.75) is 12.8 Å². The molecule has 2 aromatic rings. The van der Waals surface area contributed by atoms with Crippen LogP contribution in [-0.4, -0.2) is 7.11 Å². The number of ether oxygens (including phenoxy) is 1. The van der Waals surface area contributed by atoms with E-state index in [0.717, 1.165) is 5.75 Å². The lowest BCUT2D eigenvalue weighted by atomic mass is 9.97. The summed E-state index contributed by atoms with van der Waals surface area (Å²) >= 11 is 0. The lowest BCUT2D eigenvalue weighted by Crippen LogP contribution is -1.95. The van der Waals surface area contributed by atoms with Crippen LogP contribution in [0.25, 0.3) is 10.8 Å². The molecule has 0 aliphatic heterocycles. The number of benzene rings is 2. The largest absolute Gasteiger partial charge is 0.496 e. The lowest BCUT2D eigenvalue weighted by Gasteiger charge is -2.13. The van der Waals surface area contributed by atoms with Crippen LogP contribution in [0.1, 0.15) is 18.4 Å². The summed E-state index contributed by atoms with van der Waals surface area (Å²) in [6.45, 7) is 5.96. The first-order valence-corrected chi connectivity index (χ1v) is 5.45. The minimum absolute atomic E-state index is 0.305. The maximum atomic E-state index is 5.43. The van der Waals surface area contributed by atoms with Gasteiger partial charge in [0.15, 0.2) is 0 Å². The zero-order valence-electron chi connectivity index (χ0n) is 9.73. The molecule has 0 aliphatic rings. The Kier molecular flexibility index (Phi) is 2.95. The SMILES string of the molecule is C=CC(C)c1cc2ccccc2cc1OC. The zero-order chi connectivity index (χ0) is 11.5. The average molecular weight is 212 g/mol. The highest BCUT2D eigenvalue weighted by Gasteiger charge is 2.09. The summed E-state index contributed by atoms with van der Waals surface area (Å²) in [5, 5.41) is 2.45. The molecule has 0 fully saturated rings. The number of allylic oxidation sites excluding steroid dienone is 1. The van der Waals surface area contributed by atoms with Gasteiger partial charge in [0.25, 0.3) is 0 Å². The van der Waals surface area contributed by atoms with Crippen LogP contribution < -0.4 is 4.74 Å². The van der Waals surface area contributed by atoms with Crippen LogP contribution in [0, 0.1) is 0 Å². The van der Waals surface area contributed by atoms with E-state index in [1.165, 1.54) is 16.3 Å². The number of hydrogen-bond acceptors (Lipinski definition) is 1. The van der Waals surface area contributed by atoms with Crippen LogP contribution >= 0.6 is 0 Å². The molecule has 2 aromatic carbocycles. The Morgan fingerprint density at radius 2 is 1.81 bits per heavy atom. The minimum atomic E-state index is 0.305. The quantitative estimate of drug-likeness (QED) is 0.695. The number of hydrogen-bond donors (Lipinski definition) is 0. The Morgan fingerprint density at radius 3 is 2.38 bits per heavy atom. The van der Waals surface area contributed by atoms with Crippen molar-refractivity contribution in [2.24, 2.45) is 0 Å². The van der Waals surface area contributed by atoms with Gasteiger partial charge in [-0.1, -0.05) is 37.3 Å². The van der Waals surface area contributed by atoms with Crippen molar-refractivity contribution >= 4 is 10.8 Å². The summed E-state index contributed by atoms with van der Waals surface area (Å²) in [7, 11) is 1.71. The molecule has 0 saturated carbocycles. The molecule has 1 heteroatoms. The smallest absolute Gasteiger partial charge is 0.123 e. The fourth-order valence-electron chi connectivity index (χ4n) is 1.90. The third-order valence-electron chi connectivity index (χ3n) is 2.94. The van der Waals surface area contributed by atoms with Crippen LogP contribution in [0.3, 0.4) is 0 Å². The Hall–Kier alpha value is -1.76. The van der Waals surface area contributed by atoms with Crippen molar-refractivity contribution in [3.63, 3.8) is 0 Å². The molecule has 0 aromatic heterocycles. The van der Waals surface area contributed by atoms with Gasteiger partial charge >= 0.3 is 0 Å². The van der Waals surface area contributed by atoms with E-state index in [0.29, 0.717) is 5.92 Å². The van der Waals surface area contributed by atoms with Gasteiger partial charge < -0.3 is 4.74 Å². The first-order chi connectivity index (χ1) is 7.76. The maximum Gasteiger partial charge on any atom is 0.123 e. The molecule has 0 heterocycles. The number of rotatable bonds is 3. The fraction of sp³-hybridized carbons (Fsp3) is 0.200. The Labute approximate surface area is 96.4 Å². The highest BCUT2D eigenvalue weighted by atomic mass is 16.5. The molecule has 1 unspecified atom stereocenters. The van der Waals surface area contributed by atoms with E-state index in [4.69, 9.17) is 4.74 Å². The normalized spacial score (nSPS) is 12.4. The van der Waals surface area contributed by atoms with Crippen LogP contribution in [0.15, 0.2) is 49.1 Å². The minimum Gasteiger partial charge on any atom is -0.496 e. The van der Waals surface area contributed by atoms with Crippen LogP contribution in [-0.2, 0) is 0 Å². The Bertz CT molecular complexity index is 514. The number of methoxy groups -OCH3 is 1. The Morgan fingerprint density at radius 1 is 1.19 bits per heavy atom. The van der Waals surface area contributed by atoms with E-state index in [1.807, 2.05) is 12.1 Å². The molecule has 0 bridgehead atoms. The third-order valence-corrected chi connectivity index (χ3v) is 2.94. The summed E-state index contributed by atoms with van der Waals surface area (Å²) in [5.41, 5.74) is 1.19. The molecule has 0 saturated heterocycles. The molecular weight excluding hydrogens is 196 g/mol. The van der Waals surface area contributed by atoms with Gasteiger partial charge in [-0.3, -0.25) is 0 Å². The predicted molar refractivity (Wildman–Crippen MR) is 69.1 cm³/mol. The third kappa shape index (κ3) is 1.81. The summed E-state index contributed by atoms with van der Waals surface area (Å²) in [4.78, 5) is 0. The first-order valence-electron chi connectivity index (χ1n) is 5.45. The van der Waals surface area contributed by atoms with Gasteiger partial charge in [-0.25, -0.2) is 0 Å². The molecule has 0 spiro atoms. The van der Waals surface area contributed by atoms with Gasteiger partial charge in [0.05, 0.1) is 7.11 Å². The molecule has 1 nitrogen and oxygen atoms in total. The maximum absolute atomic E-state index is 5.43. The molecule has 0 aliphatic carbocycles. The average Bonchev–Trinajstić information content (AvgIpc) is 2.36. The second-order valence-corrected chi connectivity index (χ2v) is 3.97. The van der Waals surface area contributed by atoms with E-state index < -0.39 is 0 Å². The monoisotopic (exact) mass is 212 g/mol. The van der Waals surface area contributed by atoms with E-state index in [2.05, 4.69) is 43.8 Å². The molecule has 0 N–H and O–H groups in total. The van der Waals surface area contributed by atoms with Crippen molar-refractivity contribution in [3.8, 4) is 5.75 Å².